The Morgan fingerprint density at radius 3 is 2.62 bits per heavy atom. The number of carbonyl (C=O) groups is 1. The Balaban J connectivity index is 2.13. The highest BCUT2D eigenvalue weighted by Crippen LogP contribution is 2.37. The van der Waals surface area contributed by atoms with Gasteiger partial charge in [0.15, 0.2) is 5.82 Å². The normalized spacial score (nSPS) is 14.5. The second-order valence-electron chi connectivity index (χ2n) is 5.46. The highest BCUT2D eigenvalue weighted by molar-refractivity contribution is 7.94. The van der Waals surface area contributed by atoms with Crippen LogP contribution in [0.4, 0.5) is 14.5 Å². The van der Waals surface area contributed by atoms with Crippen LogP contribution in [-0.4, -0.2) is 26.0 Å². The Kier molecular flexibility index (Phi) is 4.08. The first-order valence-corrected chi connectivity index (χ1v) is 9.32. The van der Waals surface area contributed by atoms with Crippen LogP contribution in [-0.2, 0) is 16.4 Å². The first-order chi connectivity index (χ1) is 11.2. The van der Waals surface area contributed by atoms with Crippen molar-refractivity contribution >= 4 is 33.0 Å². The summed E-state index contributed by atoms with van der Waals surface area (Å²) < 4.78 is 54.0. The number of benzene rings is 1. The molecule has 1 aliphatic rings. The molecule has 0 fully saturated rings. The molecular formula is C15H13F2NO4S2. The number of hydrogen-bond acceptors (Lipinski definition) is 4. The van der Waals surface area contributed by atoms with Gasteiger partial charge in [0.2, 0.25) is 0 Å². The van der Waals surface area contributed by atoms with E-state index in [2.05, 4.69) is 0 Å². The second-order valence-corrected chi connectivity index (χ2v) is 8.60. The summed E-state index contributed by atoms with van der Waals surface area (Å²) >= 11 is 0.626. The zero-order valence-electron chi connectivity index (χ0n) is 12.5. The molecule has 1 aliphatic heterocycles. The molecule has 5 nitrogen and oxygen atoms in total. The Labute approximate surface area is 141 Å². The number of anilines is 1. The highest BCUT2D eigenvalue weighted by Gasteiger charge is 2.34. The Hall–Kier alpha value is -2.00. The molecule has 128 valence electrons. The van der Waals surface area contributed by atoms with Crippen molar-refractivity contribution in [2.45, 2.75) is 24.0 Å². The minimum atomic E-state index is -4.12. The van der Waals surface area contributed by atoms with E-state index in [0.29, 0.717) is 35.8 Å². The number of fused-ring (bicyclic) bond motifs is 1. The number of carboxylic acids is 1. The van der Waals surface area contributed by atoms with Gasteiger partial charge in [0.1, 0.15) is 14.9 Å². The van der Waals surface area contributed by atoms with Crippen LogP contribution in [0.15, 0.2) is 22.4 Å². The molecule has 1 N–H and O–H groups in total. The van der Waals surface area contributed by atoms with Crippen LogP contribution in [0.25, 0.3) is 0 Å². The fraction of sp³-hybridized carbons (Fsp3) is 0.267. The molecule has 0 aliphatic carbocycles. The van der Waals surface area contributed by atoms with Crippen molar-refractivity contribution < 1.29 is 27.1 Å². The van der Waals surface area contributed by atoms with E-state index in [9.17, 15) is 22.0 Å². The Morgan fingerprint density at radius 2 is 2.00 bits per heavy atom. The van der Waals surface area contributed by atoms with Crippen molar-refractivity contribution in [3.63, 3.8) is 0 Å². The molecule has 3 rings (SSSR count). The number of aryl methyl sites for hydroxylation is 2. The van der Waals surface area contributed by atoms with Crippen molar-refractivity contribution in [3.8, 4) is 0 Å². The molecule has 0 atom stereocenters. The van der Waals surface area contributed by atoms with Crippen LogP contribution >= 0.6 is 11.3 Å². The summed E-state index contributed by atoms with van der Waals surface area (Å²) in [6.07, 6.45) is 0.797. The standard InChI is InChI=1S/C15H13F2NO4S2/c1-8-5-12(23-14(8)15(19)20)24(21,22)18-4-2-3-9-6-10(16)7-11(17)13(9)18/h5-7H,2-4H2,1H3,(H,19,20). The van der Waals surface area contributed by atoms with E-state index >= 15 is 0 Å². The van der Waals surface area contributed by atoms with Crippen molar-refractivity contribution in [1.29, 1.82) is 0 Å². The third kappa shape index (κ3) is 2.67. The molecule has 2 aromatic rings. The number of nitrogens with zero attached hydrogens (tertiary/aromatic N) is 1. The van der Waals surface area contributed by atoms with Crippen molar-refractivity contribution in [3.05, 3.63) is 45.8 Å². The number of thiophene rings is 1. The van der Waals surface area contributed by atoms with Gasteiger partial charge in [-0.25, -0.2) is 22.0 Å². The van der Waals surface area contributed by atoms with Crippen molar-refractivity contribution in [1.82, 2.24) is 0 Å². The predicted octanol–water partition coefficient (Wildman–Crippen LogP) is 3.17. The molecule has 1 aromatic carbocycles. The van der Waals surface area contributed by atoms with E-state index in [0.717, 1.165) is 10.4 Å². The Morgan fingerprint density at radius 1 is 1.29 bits per heavy atom. The van der Waals surface area contributed by atoms with Gasteiger partial charge in [0, 0.05) is 12.6 Å². The number of aromatic carboxylic acids is 1. The Bertz CT molecular complexity index is 937. The smallest absolute Gasteiger partial charge is 0.346 e. The van der Waals surface area contributed by atoms with Crippen molar-refractivity contribution in [2.75, 3.05) is 10.8 Å². The first kappa shape index (κ1) is 16.8. The zero-order valence-corrected chi connectivity index (χ0v) is 14.2. The quantitative estimate of drug-likeness (QED) is 0.897. The summed E-state index contributed by atoms with van der Waals surface area (Å²) in [7, 11) is -4.12. The van der Waals surface area contributed by atoms with E-state index in [4.69, 9.17) is 5.11 Å². The number of sulfonamides is 1. The van der Waals surface area contributed by atoms with Crippen LogP contribution in [0.3, 0.4) is 0 Å². The van der Waals surface area contributed by atoms with Crippen LogP contribution < -0.4 is 4.31 Å². The van der Waals surface area contributed by atoms with Gasteiger partial charge < -0.3 is 5.11 Å². The van der Waals surface area contributed by atoms with Crippen LogP contribution in [0.5, 0.6) is 0 Å². The molecule has 0 saturated carbocycles. The maximum absolute atomic E-state index is 14.2. The zero-order chi connectivity index (χ0) is 17.6. The van der Waals surface area contributed by atoms with Crippen LogP contribution in [0, 0.1) is 18.6 Å². The summed E-state index contributed by atoms with van der Waals surface area (Å²) in [5.41, 5.74) is 0.447. The monoisotopic (exact) mass is 373 g/mol. The van der Waals surface area contributed by atoms with Crippen molar-refractivity contribution in [2.24, 2.45) is 0 Å². The fourth-order valence-corrected chi connectivity index (χ4v) is 5.80. The van der Waals surface area contributed by atoms with E-state index in [1.54, 1.807) is 0 Å². The minimum absolute atomic E-state index is 0.0528. The number of rotatable bonds is 3. The number of hydrogen-bond donors (Lipinski definition) is 1. The number of carboxylic acid groups (broad SMARTS) is 1. The summed E-state index contributed by atoms with van der Waals surface area (Å²) in [5.74, 6) is -2.92. The molecule has 0 unspecified atom stereocenters. The lowest BCUT2D eigenvalue weighted by Gasteiger charge is -2.30. The van der Waals surface area contributed by atoms with Crippen LogP contribution in [0.1, 0.15) is 27.2 Å². The van der Waals surface area contributed by atoms with Gasteiger partial charge in [0.05, 0.1) is 5.69 Å². The minimum Gasteiger partial charge on any atom is -0.477 e. The highest BCUT2D eigenvalue weighted by atomic mass is 32.2. The van der Waals surface area contributed by atoms with E-state index in [1.165, 1.54) is 13.0 Å². The third-order valence-electron chi connectivity index (χ3n) is 3.80. The molecule has 24 heavy (non-hydrogen) atoms. The molecule has 9 heteroatoms. The molecule has 0 radical (unpaired) electrons. The topological polar surface area (TPSA) is 74.7 Å². The van der Waals surface area contributed by atoms with Gasteiger partial charge in [-0.15, -0.1) is 11.3 Å². The fourth-order valence-electron chi connectivity index (χ4n) is 2.76. The van der Waals surface area contributed by atoms with E-state index < -0.39 is 27.6 Å². The van der Waals surface area contributed by atoms with E-state index in [-0.39, 0.29) is 26.9 Å². The molecule has 0 bridgehead atoms. The first-order valence-electron chi connectivity index (χ1n) is 7.06. The molecule has 0 amide bonds. The second kappa shape index (κ2) is 5.82. The summed E-state index contributed by atoms with van der Waals surface area (Å²) in [6, 6.07) is 3.04. The molecule has 2 heterocycles. The molecule has 0 spiro atoms. The summed E-state index contributed by atoms with van der Waals surface area (Å²) in [5, 5.41) is 9.09. The average Bonchev–Trinajstić information content (AvgIpc) is 2.89. The molecular weight excluding hydrogens is 360 g/mol. The lowest BCUT2D eigenvalue weighted by molar-refractivity contribution is 0.0701. The van der Waals surface area contributed by atoms with Gasteiger partial charge in [0.25, 0.3) is 10.0 Å². The molecule has 0 saturated heterocycles. The summed E-state index contributed by atoms with van der Waals surface area (Å²) in [6.45, 7) is 1.55. The van der Waals surface area contributed by atoms with Gasteiger partial charge in [-0.3, -0.25) is 4.31 Å². The van der Waals surface area contributed by atoms with E-state index in [1.807, 2.05) is 0 Å². The lowest BCUT2D eigenvalue weighted by atomic mass is 10.0. The van der Waals surface area contributed by atoms with Gasteiger partial charge in [-0.1, -0.05) is 0 Å². The predicted molar refractivity (Wildman–Crippen MR) is 85.2 cm³/mol. The SMILES string of the molecule is Cc1cc(S(=O)(=O)N2CCCc3cc(F)cc(F)c32)sc1C(=O)O. The lowest BCUT2D eigenvalue weighted by Crippen LogP contribution is -2.36. The maximum atomic E-state index is 14.2. The van der Waals surface area contributed by atoms with Gasteiger partial charge >= 0.3 is 5.97 Å². The van der Waals surface area contributed by atoms with Gasteiger partial charge in [-0.2, -0.15) is 0 Å². The number of halogens is 2. The molecule has 1 aromatic heterocycles. The largest absolute Gasteiger partial charge is 0.477 e. The third-order valence-corrected chi connectivity index (χ3v) is 7.27. The van der Waals surface area contributed by atoms with Gasteiger partial charge in [-0.05, 0) is 43.0 Å². The maximum Gasteiger partial charge on any atom is 0.346 e. The summed E-state index contributed by atoms with van der Waals surface area (Å²) in [4.78, 5) is 11.1. The van der Waals surface area contributed by atoms with Crippen LogP contribution in [0.2, 0.25) is 0 Å². The average molecular weight is 373 g/mol.